The summed E-state index contributed by atoms with van der Waals surface area (Å²) in [6, 6.07) is 19.2. The highest BCUT2D eigenvalue weighted by Gasteiger charge is 2.44. The molecule has 3 fully saturated rings. The molecule has 3 aromatic carbocycles. The number of rotatable bonds is 12. The van der Waals surface area contributed by atoms with Crippen LogP contribution in [0.1, 0.15) is 39.0 Å². The lowest BCUT2D eigenvalue weighted by atomic mass is 9.88. The van der Waals surface area contributed by atoms with Crippen molar-refractivity contribution in [1.29, 1.82) is 0 Å². The standard InChI is InChI=1S/C32H41N3O7S2/c1-23(24-9-10-24)34-43(37,38)30-8-4-7-29(18-30)41-22-28(36)20-33-27-19-32(42-21-27)13-15-35(16-14-32)44(39,40)31-12-11-25-5-2-3-6-26(25)17-31/h2-8,11-12,17-18,23-24,27-28,33-34,36H,9-10,13-16,19-22H2,1H3/t23-,27?,28+/m1/s1. The Labute approximate surface area is 259 Å². The highest BCUT2D eigenvalue weighted by atomic mass is 32.2. The Morgan fingerprint density at radius 1 is 0.977 bits per heavy atom. The zero-order chi connectivity index (χ0) is 31.0. The van der Waals surface area contributed by atoms with Crippen LogP contribution in [0.25, 0.3) is 10.8 Å². The first-order chi connectivity index (χ1) is 21.0. The molecule has 0 aromatic heterocycles. The van der Waals surface area contributed by atoms with Gasteiger partial charge in [0.05, 0.1) is 22.0 Å². The number of hydrogen-bond acceptors (Lipinski definition) is 8. The molecule has 238 valence electrons. The number of nitrogens with zero attached hydrogens (tertiary/aromatic N) is 1. The van der Waals surface area contributed by atoms with Crippen LogP contribution in [0.4, 0.5) is 0 Å². The fraction of sp³-hybridized carbons (Fsp3) is 0.500. The molecule has 2 saturated heterocycles. The average molecular weight is 644 g/mol. The van der Waals surface area contributed by atoms with Crippen LogP contribution < -0.4 is 14.8 Å². The van der Waals surface area contributed by atoms with E-state index in [1.165, 1.54) is 12.1 Å². The van der Waals surface area contributed by atoms with Crippen LogP contribution in [-0.2, 0) is 24.8 Å². The molecule has 12 heteroatoms. The second-order valence-corrected chi connectivity index (χ2v) is 16.1. The van der Waals surface area contributed by atoms with Gasteiger partial charge in [-0.1, -0.05) is 36.4 Å². The molecule has 2 heterocycles. The van der Waals surface area contributed by atoms with Crippen molar-refractivity contribution >= 4 is 30.8 Å². The SMILES string of the molecule is C[C@@H](NS(=O)(=O)c1cccc(OC[C@@H](O)CNC2COC3(CCN(S(=O)(=O)c4ccc5ccccc5c4)CC3)C2)c1)C1CC1. The molecule has 2 aliphatic heterocycles. The molecule has 10 nitrogen and oxygen atoms in total. The Balaban J connectivity index is 0.955. The van der Waals surface area contributed by atoms with E-state index in [1.54, 1.807) is 28.6 Å². The largest absolute Gasteiger partial charge is 0.491 e. The van der Waals surface area contributed by atoms with Crippen molar-refractivity contribution in [2.45, 2.75) is 72.6 Å². The van der Waals surface area contributed by atoms with Crippen molar-refractivity contribution in [2.75, 3.05) is 32.8 Å². The Kier molecular flexibility index (Phi) is 9.04. The molecule has 1 aliphatic carbocycles. The number of benzene rings is 3. The molecule has 3 N–H and O–H groups in total. The van der Waals surface area contributed by atoms with E-state index in [2.05, 4.69) is 10.0 Å². The summed E-state index contributed by atoms with van der Waals surface area (Å²) >= 11 is 0. The van der Waals surface area contributed by atoms with Gasteiger partial charge in [-0.15, -0.1) is 0 Å². The van der Waals surface area contributed by atoms with Gasteiger partial charge in [-0.3, -0.25) is 0 Å². The summed E-state index contributed by atoms with van der Waals surface area (Å²) in [4.78, 5) is 0.447. The topological polar surface area (TPSA) is 134 Å². The molecule has 3 atom stereocenters. The highest BCUT2D eigenvalue weighted by molar-refractivity contribution is 7.89. The van der Waals surface area contributed by atoms with E-state index >= 15 is 0 Å². The van der Waals surface area contributed by atoms with Gasteiger partial charge < -0.3 is 19.9 Å². The van der Waals surface area contributed by atoms with Crippen LogP contribution in [0, 0.1) is 5.92 Å². The van der Waals surface area contributed by atoms with Crippen molar-refractivity contribution in [3.63, 3.8) is 0 Å². The van der Waals surface area contributed by atoms with Crippen molar-refractivity contribution in [3.8, 4) is 5.75 Å². The maximum absolute atomic E-state index is 13.4. The third-order valence-electron chi connectivity index (χ3n) is 9.07. The minimum absolute atomic E-state index is 0.00270. The van der Waals surface area contributed by atoms with Gasteiger partial charge in [0.2, 0.25) is 20.0 Å². The molecule has 3 aliphatic rings. The fourth-order valence-electron chi connectivity index (χ4n) is 6.23. The molecular formula is C32H41N3O7S2. The van der Waals surface area contributed by atoms with Gasteiger partial charge in [-0.25, -0.2) is 21.6 Å². The van der Waals surface area contributed by atoms with Crippen molar-refractivity contribution in [3.05, 3.63) is 66.7 Å². The minimum atomic E-state index is -3.65. The summed E-state index contributed by atoms with van der Waals surface area (Å²) in [7, 11) is -7.25. The average Bonchev–Trinajstić information content (AvgIpc) is 3.81. The maximum atomic E-state index is 13.4. The Bertz CT molecular complexity index is 1690. The number of nitrogens with one attached hydrogen (secondary N) is 2. The lowest BCUT2D eigenvalue weighted by molar-refractivity contribution is -0.0312. The van der Waals surface area contributed by atoms with Crippen molar-refractivity contribution < 1.29 is 31.4 Å². The van der Waals surface area contributed by atoms with E-state index in [-0.39, 0.29) is 35.7 Å². The van der Waals surface area contributed by atoms with Gasteiger partial charge in [-0.05, 0) is 80.0 Å². The molecular weight excluding hydrogens is 603 g/mol. The molecule has 6 rings (SSSR count). The quantitative estimate of drug-likeness (QED) is 0.274. The van der Waals surface area contributed by atoms with Crippen molar-refractivity contribution in [1.82, 2.24) is 14.3 Å². The Morgan fingerprint density at radius 3 is 2.48 bits per heavy atom. The predicted molar refractivity (Wildman–Crippen MR) is 167 cm³/mol. The molecule has 1 spiro atoms. The van der Waals surface area contributed by atoms with E-state index in [0.29, 0.717) is 49.1 Å². The lowest BCUT2D eigenvalue weighted by Crippen LogP contribution is -2.47. The zero-order valence-electron chi connectivity index (χ0n) is 24.9. The summed E-state index contributed by atoms with van der Waals surface area (Å²) in [5.41, 5.74) is -0.383. The van der Waals surface area contributed by atoms with Gasteiger partial charge in [0.25, 0.3) is 0 Å². The smallest absolute Gasteiger partial charge is 0.243 e. The van der Waals surface area contributed by atoms with Crippen LogP contribution >= 0.6 is 0 Å². The number of fused-ring (bicyclic) bond motifs is 1. The second kappa shape index (κ2) is 12.7. The summed E-state index contributed by atoms with van der Waals surface area (Å²) in [6.45, 7) is 3.44. The van der Waals surface area contributed by atoms with Crippen molar-refractivity contribution in [2.24, 2.45) is 5.92 Å². The van der Waals surface area contributed by atoms with Crippen LogP contribution in [0.2, 0.25) is 0 Å². The maximum Gasteiger partial charge on any atom is 0.243 e. The minimum Gasteiger partial charge on any atom is -0.491 e. The van der Waals surface area contributed by atoms with Gasteiger partial charge in [0, 0.05) is 37.8 Å². The van der Waals surface area contributed by atoms with E-state index in [9.17, 15) is 21.9 Å². The molecule has 0 amide bonds. The monoisotopic (exact) mass is 643 g/mol. The summed E-state index contributed by atoms with van der Waals surface area (Å²) in [6.07, 6.45) is 3.23. The number of aliphatic hydroxyl groups excluding tert-OH is 1. The summed E-state index contributed by atoms with van der Waals surface area (Å²) < 4.78 is 68.5. The van der Waals surface area contributed by atoms with Gasteiger partial charge in [0.15, 0.2) is 0 Å². The van der Waals surface area contributed by atoms with Crippen LogP contribution in [-0.4, -0.2) is 82.9 Å². The molecule has 0 bridgehead atoms. The normalized spacial score (nSPS) is 22.3. The Hall–Kier alpha value is -2.58. The zero-order valence-corrected chi connectivity index (χ0v) is 26.5. The van der Waals surface area contributed by atoms with E-state index in [1.807, 2.05) is 37.3 Å². The summed E-state index contributed by atoms with van der Waals surface area (Å²) in [5, 5.41) is 15.8. The molecule has 1 saturated carbocycles. The number of sulfonamides is 2. The predicted octanol–water partition coefficient (Wildman–Crippen LogP) is 3.26. The number of aliphatic hydroxyl groups is 1. The highest BCUT2D eigenvalue weighted by Crippen LogP contribution is 2.38. The van der Waals surface area contributed by atoms with Gasteiger partial charge >= 0.3 is 0 Å². The fourth-order valence-corrected chi connectivity index (χ4v) is 9.05. The number of ether oxygens (including phenoxy) is 2. The molecule has 1 unspecified atom stereocenters. The van der Waals surface area contributed by atoms with E-state index in [4.69, 9.17) is 9.47 Å². The Morgan fingerprint density at radius 2 is 1.73 bits per heavy atom. The summed E-state index contributed by atoms with van der Waals surface area (Å²) in [5.74, 6) is 0.775. The van der Waals surface area contributed by atoms with E-state index in [0.717, 1.165) is 30.0 Å². The first kappa shape index (κ1) is 31.4. The van der Waals surface area contributed by atoms with Crippen LogP contribution in [0.15, 0.2) is 76.5 Å². The van der Waals surface area contributed by atoms with Crippen LogP contribution in [0.5, 0.6) is 5.75 Å². The number of piperidine rings is 1. The lowest BCUT2D eigenvalue weighted by Gasteiger charge is -2.38. The van der Waals surface area contributed by atoms with Gasteiger partial charge in [-0.2, -0.15) is 4.31 Å². The number of hydrogen-bond donors (Lipinski definition) is 3. The first-order valence-electron chi connectivity index (χ1n) is 15.3. The second-order valence-electron chi connectivity index (χ2n) is 12.4. The first-order valence-corrected chi connectivity index (χ1v) is 18.2. The molecule has 0 radical (unpaired) electrons. The third kappa shape index (κ3) is 7.12. The van der Waals surface area contributed by atoms with Crippen LogP contribution in [0.3, 0.4) is 0 Å². The van der Waals surface area contributed by atoms with E-state index < -0.39 is 26.2 Å². The third-order valence-corrected chi connectivity index (χ3v) is 12.5. The van der Waals surface area contributed by atoms with Gasteiger partial charge in [0.1, 0.15) is 18.5 Å². The molecule has 44 heavy (non-hydrogen) atoms. The molecule has 3 aromatic rings.